The lowest BCUT2D eigenvalue weighted by atomic mass is 10.1. The number of benzene rings is 1. The molecule has 0 saturated heterocycles. The zero-order valence-electron chi connectivity index (χ0n) is 13.4. The number of rotatable bonds is 8. The van der Waals surface area contributed by atoms with Gasteiger partial charge in [-0.05, 0) is 43.8 Å². The maximum Gasteiger partial charge on any atom is 0.328 e. The molecule has 0 aliphatic heterocycles. The van der Waals surface area contributed by atoms with E-state index in [-0.39, 0.29) is 0 Å². The third-order valence-corrected chi connectivity index (χ3v) is 3.08. The molecule has 116 valence electrons. The average Bonchev–Trinajstić information content (AvgIpc) is 2.41. The number of carboxylic acids is 1. The summed E-state index contributed by atoms with van der Waals surface area (Å²) < 4.78 is 0. The Morgan fingerprint density at radius 3 is 2.29 bits per heavy atom. The molecule has 0 amide bonds. The molecule has 1 rings (SSSR count). The Bertz CT molecular complexity index is 464. The Morgan fingerprint density at radius 2 is 1.81 bits per heavy atom. The molecular formula is C17H26N2O2. The van der Waals surface area contributed by atoms with Crippen LogP contribution in [0.2, 0.25) is 0 Å². The molecule has 0 spiro atoms. The van der Waals surface area contributed by atoms with Gasteiger partial charge in [-0.3, -0.25) is 0 Å². The summed E-state index contributed by atoms with van der Waals surface area (Å²) in [5, 5.41) is 8.64. The standard InChI is InChI=1S/C17H26N2O2/c1-14(2)13-19(12-11-18(3)4)16-8-5-15(6-9-16)7-10-17(20)21/h5-10,14H,11-13H2,1-4H3,(H,20,21). The lowest BCUT2D eigenvalue weighted by molar-refractivity contribution is -0.131. The minimum absolute atomic E-state index is 0.596. The summed E-state index contributed by atoms with van der Waals surface area (Å²) in [7, 11) is 4.15. The van der Waals surface area contributed by atoms with Gasteiger partial charge in [-0.1, -0.05) is 26.0 Å². The summed E-state index contributed by atoms with van der Waals surface area (Å²) in [6.07, 6.45) is 2.77. The normalized spacial score (nSPS) is 11.5. The van der Waals surface area contributed by atoms with E-state index in [4.69, 9.17) is 5.11 Å². The van der Waals surface area contributed by atoms with Crippen molar-refractivity contribution in [2.24, 2.45) is 5.92 Å². The number of anilines is 1. The molecule has 4 heteroatoms. The van der Waals surface area contributed by atoms with Crippen LogP contribution in [0, 0.1) is 5.92 Å². The van der Waals surface area contributed by atoms with Crippen molar-refractivity contribution in [1.82, 2.24) is 4.90 Å². The topological polar surface area (TPSA) is 43.8 Å². The first-order valence-corrected chi connectivity index (χ1v) is 7.29. The molecule has 1 N–H and O–H groups in total. The van der Waals surface area contributed by atoms with E-state index in [9.17, 15) is 4.79 Å². The van der Waals surface area contributed by atoms with Crippen molar-refractivity contribution < 1.29 is 9.90 Å². The van der Waals surface area contributed by atoms with Crippen LogP contribution in [0.3, 0.4) is 0 Å². The summed E-state index contributed by atoms with van der Waals surface area (Å²) in [6.45, 7) is 7.43. The van der Waals surface area contributed by atoms with Crippen molar-refractivity contribution in [2.75, 3.05) is 38.6 Å². The minimum Gasteiger partial charge on any atom is -0.478 e. The SMILES string of the molecule is CC(C)CN(CCN(C)C)c1ccc(C=CC(=O)O)cc1. The lowest BCUT2D eigenvalue weighted by Crippen LogP contribution is -2.34. The van der Waals surface area contributed by atoms with Crippen LogP contribution in [0.1, 0.15) is 19.4 Å². The Balaban J connectivity index is 2.79. The quantitative estimate of drug-likeness (QED) is 0.748. The highest BCUT2D eigenvalue weighted by molar-refractivity contribution is 5.85. The van der Waals surface area contributed by atoms with Crippen LogP contribution in [0.4, 0.5) is 5.69 Å². The number of likely N-dealkylation sites (N-methyl/N-ethyl adjacent to an activating group) is 1. The van der Waals surface area contributed by atoms with E-state index in [0.717, 1.165) is 31.3 Å². The van der Waals surface area contributed by atoms with Gasteiger partial charge in [0.25, 0.3) is 0 Å². The van der Waals surface area contributed by atoms with Gasteiger partial charge in [0.2, 0.25) is 0 Å². The number of aliphatic carboxylic acids is 1. The van der Waals surface area contributed by atoms with Gasteiger partial charge < -0.3 is 14.9 Å². The third kappa shape index (κ3) is 6.95. The molecule has 0 unspecified atom stereocenters. The van der Waals surface area contributed by atoms with Crippen molar-refractivity contribution in [3.63, 3.8) is 0 Å². The number of carbonyl (C=O) groups is 1. The fourth-order valence-corrected chi connectivity index (χ4v) is 2.05. The van der Waals surface area contributed by atoms with Crippen LogP contribution in [0.25, 0.3) is 6.08 Å². The van der Waals surface area contributed by atoms with Crippen molar-refractivity contribution in [3.05, 3.63) is 35.9 Å². The first-order valence-electron chi connectivity index (χ1n) is 7.29. The van der Waals surface area contributed by atoms with Gasteiger partial charge in [0.05, 0.1) is 0 Å². The van der Waals surface area contributed by atoms with Gasteiger partial charge in [0, 0.05) is 31.4 Å². The zero-order chi connectivity index (χ0) is 15.8. The van der Waals surface area contributed by atoms with Crippen LogP contribution in [-0.2, 0) is 4.79 Å². The van der Waals surface area contributed by atoms with Crippen LogP contribution in [0.5, 0.6) is 0 Å². The predicted molar refractivity (Wildman–Crippen MR) is 88.7 cm³/mol. The summed E-state index contributed by atoms with van der Waals surface area (Å²) in [5.74, 6) is -0.328. The fourth-order valence-electron chi connectivity index (χ4n) is 2.05. The van der Waals surface area contributed by atoms with E-state index in [0.29, 0.717) is 5.92 Å². The molecule has 0 aliphatic rings. The molecule has 1 aromatic rings. The van der Waals surface area contributed by atoms with E-state index >= 15 is 0 Å². The van der Waals surface area contributed by atoms with Gasteiger partial charge in [0.1, 0.15) is 0 Å². The molecule has 4 nitrogen and oxygen atoms in total. The highest BCUT2D eigenvalue weighted by Crippen LogP contribution is 2.17. The van der Waals surface area contributed by atoms with Crippen molar-refractivity contribution >= 4 is 17.7 Å². The van der Waals surface area contributed by atoms with Crippen LogP contribution in [-0.4, -0.2) is 49.7 Å². The molecule has 0 bridgehead atoms. The molecule has 0 heterocycles. The van der Waals surface area contributed by atoms with Gasteiger partial charge in [-0.15, -0.1) is 0 Å². The van der Waals surface area contributed by atoms with Crippen LogP contribution >= 0.6 is 0 Å². The second-order valence-corrected chi connectivity index (χ2v) is 5.91. The molecule has 0 fully saturated rings. The summed E-state index contributed by atoms with van der Waals surface area (Å²) >= 11 is 0. The van der Waals surface area contributed by atoms with Crippen molar-refractivity contribution in [1.29, 1.82) is 0 Å². The fraction of sp³-hybridized carbons (Fsp3) is 0.471. The Labute approximate surface area is 127 Å². The highest BCUT2D eigenvalue weighted by atomic mass is 16.4. The van der Waals surface area contributed by atoms with Gasteiger partial charge in [-0.2, -0.15) is 0 Å². The van der Waals surface area contributed by atoms with Gasteiger partial charge in [0.15, 0.2) is 0 Å². The maximum atomic E-state index is 10.5. The van der Waals surface area contributed by atoms with Crippen molar-refractivity contribution in [3.8, 4) is 0 Å². The van der Waals surface area contributed by atoms with Crippen LogP contribution < -0.4 is 4.90 Å². The molecule has 21 heavy (non-hydrogen) atoms. The average molecular weight is 290 g/mol. The van der Waals surface area contributed by atoms with Crippen molar-refractivity contribution in [2.45, 2.75) is 13.8 Å². The van der Waals surface area contributed by atoms with Crippen LogP contribution in [0.15, 0.2) is 30.3 Å². The third-order valence-electron chi connectivity index (χ3n) is 3.08. The number of carboxylic acid groups (broad SMARTS) is 1. The lowest BCUT2D eigenvalue weighted by Gasteiger charge is -2.28. The molecular weight excluding hydrogens is 264 g/mol. The second-order valence-electron chi connectivity index (χ2n) is 5.91. The Hall–Kier alpha value is -1.81. The number of hydrogen-bond acceptors (Lipinski definition) is 3. The highest BCUT2D eigenvalue weighted by Gasteiger charge is 2.08. The second kappa shape index (κ2) is 8.47. The predicted octanol–water partition coefficient (Wildman–Crippen LogP) is 2.81. The maximum absolute atomic E-state index is 10.5. The minimum atomic E-state index is -0.925. The molecule has 1 aromatic carbocycles. The smallest absolute Gasteiger partial charge is 0.328 e. The summed E-state index contributed by atoms with van der Waals surface area (Å²) in [4.78, 5) is 15.1. The Kier molecular flexibility index (Phi) is 6.96. The van der Waals surface area contributed by atoms with E-state index in [1.54, 1.807) is 6.08 Å². The monoisotopic (exact) mass is 290 g/mol. The molecule has 0 aliphatic carbocycles. The van der Waals surface area contributed by atoms with Gasteiger partial charge in [-0.25, -0.2) is 4.79 Å². The summed E-state index contributed by atoms with van der Waals surface area (Å²) in [6, 6.07) is 8.02. The molecule has 0 radical (unpaired) electrons. The van der Waals surface area contributed by atoms with E-state index in [1.165, 1.54) is 5.69 Å². The first-order chi connectivity index (χ1) is 9.88. The van der Waals surface area contributed by atoms with E-state index in [2.05, 4.69) is 49.9 Å². The van der Waals surface area contributed by atoms with E-state index < -0.39 is 5.97 Å². The van der Waals surface area contributed by atoms with Gasteiger partial charge >= 0.3 is 5.97 Å². The molecule has 0 aromatic heterocycles. The zero-order valence-corrected chi connectivity index (χ0v) is 13.4. The summed E-state index contributed by atoms with van der Waals surface area (Å²) in [5.41, 5.74) is 2.08. The first kappa shape index (κ1) is 17.2. The van der Waals surface area contributed by atoms with E-state index in [1.807, 2.05) is 12.1 Å². The number of nitrogens with zero attached hydrogens (tertiary/aromatic N) is 2. The Morgan fingerprint density at radius 1 is 1.19 bits per heavy atom. The molecule has 0 saturated carbocycles. The largest absolute Gasteiger partial charge is 0.478 e. The molecule has 0 atom stereocenters. The number of hydrogen-bond donors (Lipinski definition) is 1.